The number of fused-ring (bicyclic) bond motifs is 2. The van der Waals surface area contributed by atoms with Crippen molar-refractivity contribution in [3.8, 4) is 0 Å². The van der Waals surface area contributed by atoms with Crippen LogP contribution in [0.15, 0.2) is 52.3 Å². The third kappa shape index (κ3) is 2.77. The first-order chi connectivity index (χ1) is 14.7. The molecule has 1 saturated carbocycles. The summed E-state index contributed by atoms with van der Waals surface area (Å²) < 4.78 is 6.91. The summed E-state index contributed by atoms with van der Waals surface area (Å²) in [4.78, 5) is 32.4. The van der Waals surface area contributed by atoms with E-state index in [4.69, 9.17) is 4.52 Å². The first-order valence-corrected chi connectivity index (χ1v) is 9.97. The topological polar surface area (TPSA) is 103 Å². The average molecular weight is 401 g/mol. The van der Waals surface area contributed by atoms with E-state index in [9.17, 15) is 4.79 Å². The molecule has 0 N–H and O–H groups in total. The van der Waals surface area contributed by atoms with Crippen molar-refractivity contribution < 1.29 is 4.52 Å². The number of aryl methyl sites for hydroxylation is 1. The molecular formula is C21H19N7O2. The van der Waals surface area contributed by atoms with Gasteiger partial charge in [0, 0.05) is 31.4 Å². The molecule has 4 aromatic rings. The van der Waals surface area contributed by atoms with Crippen molar-refractivity contribution in [3.05, 3.63) is 70.6 Å². The molecule has 0 amide bonds. The monoisotopic (exact) mass is 401 g/mol. The first kappa shape index (κ1) is 17.3. The largest absolute Gasteiger partial charge is 0.356 e. The molecule has 1 aliphatic carbocycles. The zero-order chi connectivity index (χ0) is 20.2. The summed E-state index contributed by atoms with van der Waals surface area (Å²) in [5.74, 6) is 3.54. The van der Waals surface area contributed by atoms with E-state index in [-0.39, 0.29) is 12.1 Å². The summed E-state index contributed by atoms with van der Waals surface area (Å²) >= 11 is 0. The smallest absolute Gasteiger partial charge is 0.263 e. The minimum atomic E-state index is -0.169. The molecule has 30 heavy (non-hydrogen) atoms. The van der Waals surface area contributed by atoms with E-state index in [0.29, 0.717) is 34.7 Å². The van der Waals surface area contributed by atoms with Crippen LogP contribution in [0.3, 0.4) is 0 Å². The Bertz CT molecular complexity index is 1280. The molecule has 0 spiro atoms. The van der Waals surface area contributed by atoms with Crippen molar-refractivity contribution in [1.82, 2.24) is 29.7 Å². The van der Waals surface area contributed by atoms with Gasteiger partial charge in [0.2, 0.25) is 5.89 Å². The van der Waals surface area contributed by atoms with Crippen LogP contribution in [-0.2, 0) is 6.54 Å². The van der Waals surface area contributed by atoms with Crippen molar-refractivity contribution in [3.63, 3.8) is 0 Å². The van der Waals surface area contributed by atoms with Crippen LogP contribution in [0.25, 0.3) is 11.0 Å². The summed E-state index contributed by atoms with van der Waals surface area (Å²) in [6.45, 7) is 4.15. The number of hydrogen-bond acceptors (Lipinski definition) is 8. The molecule has 2 aliphatic rings. The molecule has 2 atom stereocenters. The van der Waals surface area contributed by atoms with Crippen molar-refractivity contribution in [2.45, 2.75) is 19.4 Å². The summed E-state index contributed by atoms with van der Waals surface area (Å²) in [6.07, 6.45) is 4.99. The molecule has 6 rings (SSSR count). The standard InChI is InChI=1S/C21H19N7O2/c1-12-4-5-16(23-7-12)27-8-14-15(9-27)18(14)20-25-17(30-26-20)10-28-11-24-19-13(21(28)29)3-2-6-22-19/h2-7,11,14-15,18H,8-10H2,1H3. The number of pyridine rings is 2. The highest BCUT2D eigenvalue weighted by molar-refractivity contribution is 5.72. The van der Waals surface area contributed by atoms with E-state index in [2.05, 4.69) is 42.1 Å². The van der Waals surface area contributed by atoms with E-state index < -0.39 is 0 Å². The highest BCUT2D eigenvalue weighted by Gasteiger charge is 2.58. The van der Waals surface area contributed by atoms with Crippen LogP contribution in [0, 0.1) is 18.8 Å². The summed E-state index contributed by atoms with van der Waals surface area (Å²) in [5.41, 5.74) is 1.43. The molecule has 2 fully saturated rings. The van der Waals surface area contributed by atoms with E-state index in [0.717, 1.165) is 30.3 Å². The maximum Gasteiger partial charge on any atom is 0.263 e. The van der Waals surface area contributed by atoms with Gasteiger partial charge in [-0.1, -0.05) is 11.2 Å². The third-order valence-corrected chi connectivity index (χ3v) is 6.10. The minimum Gasteiger partial charge on any atom is -0.356 e. The lowest BCUT2D eigenvalue weighted by Gasteiger charge is -2.20. The molecule has 1 aliphatic heterocycles. The Morgan fingerprint density at radius 2 is 2.00 bits per heavy atom. The molecule has 0 aromatic carbocycles. The van der Waals surface area contributed by atoms with Crippen LogP contribution in [-0.4, -0.2) is 42.7 Å². The van der Waals surface area contributed by atoms with Gasteiger partial charge in [0.15, 0.2) is 11.5 Å². The highest BCUT2D eigenvalue weighted by atomic mass is 16.5. The van der Waals surface area contributed by atoms with Crippen molar-refractivity contribution in [2.75, 3.05) is 18.0 Å². The Hall–Kier alpha value is -3.62. The van der Waals surface area contributed by atoms with Crippen LogP contribution in [0.4, 0.5) is 5.82 Å². The van der Waals surface area contributed by atoms with Gasteiger partial charge in [0.1, 0.15) is 18.7 Å². The van der Waals surface area contributed by atoms with Crippen molar-refractivity contribution >= 4 is 16.9 Å². The molecule has 0 bridgehead atoms. The second-order valence-corrected chi connectivity index (χ2v) is 8.05. The fourth-order valence-electron chi connectivity index (χ4n) is 4.47. The number of hydrogen-bond donors (Lipinski definition) is 0. The van der Waals surface area contributed by atoms with E-state index in [1.807, 2.05) is 13.1 Å². The number of nitrogens with zero attached hydrogens (tertiary/aromatic N) is 7. The van der Waals surface area contributed by atoms with E-state index in [1.54, 1.807) is 18.3 Å². The Balaban J connectivity index is 1.16. The SMILES string of the molecule is Cc1ccc(N2CC3C(C2)C3c2noc(Cn3cnc4ncccc4c3=O)n2)nc1. The maximum atomic E-state index is 12.6. The fraction of sp³-hybridized carbons (Fsp3) is 0.333. The van der Waals surface area contributed by atoms with Crippen LogP contribution >= 0.6 is 0 Å². The van der Waals surface area contributed by atoms with Crippen molar-refractivity contribution in [2.24, 2.45) is 11.8 Å². The van der Waals surface area contributed by atoms with Crippen LogP contribution < -0.4 is 10.5 Å². The Labute approximate surface area is 171 Å². The molecule has 5 heterocycles. The molecular weight excluding hydrogens is 382 g/mol. The number of aromatic nitrogens is 6. The van der Waals surface area contributed by atoms with Crippen LogP contribution in [0.1, 0.15) is 23.2 Å². The zero-order valence-electron chi connectivity index (χ0n) is 16.3. The molecule has 4 aromatic heterocycles. The quantitative estimate of drug-likeness (QED) is 0.510. The van der Waals surface area contributed by atoms with Gasteiger partial charge >= 0.3 is 0 Å². The lowest BCUT2D eigenvalue weighted by Crippen LogP contribution is -2.24. The summed E-state index contributed by atoms with van der Waals surface area (Å²) in [6, 6.07) is 7.61. The lowest BCUT2D eigenvalue weighted by molar-refractivity contribution is 0.363. The van der Waals surface area contributed by atoms with Gasteiger partial charge in [0.05, 0.1) is 5.39 Å². The van der Waals surface area contributed by atoms with Gasteiger partial charge in [-0.15, -0.1) is 0 Å². The maximum absolute atomic E-state index is 12.6. The first-order valence-electron chi connectivity index (χ1n) is 9.97. The fourth-order valence-corrected chi connectivity index (χ4v) is 4.47. The number of piperidine rings is 1. The van der Waals surface area contributed by atoms with Gasteiger partial charge in [-0.25, -0.2) is 15.0 Å². The van der Waals surface area contributed by atoms with Gasteiger partial charge in [-0.05, 0) is 42.5 Å². The Kier molecular flexibility index (Phi) is 3.71. The molecule has 2 unspecified atom stereocenters. The van der Waals surface area contributed by atoms with E-state index >= 15 is 0 Å². The molecule has 9 nitrogen and oxygen atoms in total. The number of anilines is 1. The molecule has 0 radical (unpaired) electrons. The Morgan fingerprint density at radius 3 is 2.80 bits per heavy atom. The van der Waals surface area contributed by atoms with Gasteiger partial charge in [-0.3, -0.25) is 9.36 Å². The lowest BCUT2D eigenvalue weighted by atomic mass is 10.2. The second-order valence-electron chi connectivity index (χ2n) is 8.05. The molecule has 1 saturated heterocycles. The highest BCUT2D eigenvalue weighted by Crippen LogP contribution is 2.57. The predicted octanol–water partition coefficient (Wildman–Crippen LogP) is 1.78. The number of rotatable bonds is 4. The molecule has 150 valence electrons. The normalized spacial score (nSPS) is 22.4. The van der Waals surface area contributed by atoms with Gasteiger partial charge in [0.25, 0.3) is 5.56 Å². The third-order valence-electron chi connectivity index (χ3n) is 6.10. The van der Waals surface area contributed by atoms with Crippen LogP contribution in [0.5, 0.6) is 0 Å². The van der Waals surface area contributed by atoms with E-state index in [1.165, 1.54) is 10.9 Å². The van der Waals surface area contributed by atoms with Gasteiger partial charge in [-0.2, -0.15) is 4.98 Å². The summed E-state index contributed by atoms with van der Waals surface area (Å²) in [7, 11) is 0. The molecule has 9 heteroatoms. The second kappa shape index (κ2) is 6.45. The Morgan fingerprint density at radius 1 is 1.13 bits per heavy atom. The van der Waals surface area contributed by atoms with Crippen LogP contribution in [0.2, 0.25) is 0 Å². The summed E-state index contributed by atoms with van der Waals surface area (Å²) in [5, 5.41) is 4.66. The minimum absolute atomic E-state index is 0.169. The van der Waals surface area contributed by atoms with Gasteiger partial charge < -0.3 is 9.42 Å². The predicted molar refractivity (Wildman–Crippen MR) is 108 cm³/mol. The zero-order valence-corrected chi connectivity index (χ0v) is 16.3. The van der Waals surface area contributed by atoms with Crippen molar-refractivity contribution in [1.29, 1.82) is 0 Å². The average Bonchev–Trinajstić information content (AvgIpc) is 3.10.